The van der Waals surface area contributed by atoms with Crippen molar-refractivity contribution in [3.8, 4) is 22.9 Å². The van der Waals surface area contributed by atoms with Gasteiger partial charge in [0.1, 0.15) is 17.3 Å². The Kier molecular flexibility index (Phi) is 7.59. The lowest BCUT2D eigenvalue weighted by Gasteiger charge is -2.15. The van der Waals surface area contributed by atoms with Crippen LogP contribution in [0.3, 0.4) is 0 Å². The highest BCUT2D eigenvalue weighted by atomic mass is 32.2. The standard InChI is InChI=1S/C23H27N3O4S/c1-4-29-21-12-10-19(17(2)3)16-22(21)31(27,28)24-14-15-30-23-13-11-20(25-26-23)18-8-6-5-7-9-18/h5-13,16-17,24H,4,14-15H2,1-3H3. The van der Waals surface area contributed by atoms with Gasteiger partial charge in [-0.15, -0.1) is 10.2 Å². The second-order valence-corrected chi connectivity index (χ2v) is 8.90. The summed E-state index contributed by atoms with van der Waals surface area (Å²) in [4.78, 5) is 0.132. The van der Waals surface area contributed by atoms with Crippen molar-refractivity contribution in [1.82, 2.24) is 14.9 Å². The zero-order chi connectivity index (χ0) is 22.3. The minimum Gasteiger partial charge on any atom is -0.492 e. The molecule has 1 heterocycles. The molecule has 0 radical (unpaired) electrons. The average Bonchev–Trinajstić information content (AvgIpc) is 2.78. The smallest absolute Gasteiger partial charge is 0.244 e. The van der Waals surface area contributed by atoms with Crippen molar-refractivity contribution in [2.45, 2.75) is 31.6 Å². The molecule has 0 spiro atoms. The summed E-state index contributed by atoms with van der Waals surface area (Å²) in [6.07, 6.45) is 0. The van der Waals surface area contributed by atoms with Gasteiger partial charge in [-0.3, -0.25) is 0 Å². The van der Waals surface area contributed by atoms with Crippen molar-refractivity contribution in [2.75, 3.05) is 19.8 Å². The third-order valence-electron chi connectivity index (χ3n) is 4.58. The van der Waals surface area contributed by atoms with Crippen LogP contribution in [0.2, 0.25) is 0 Å². The van der Waals surface area contributed by atoms with Crippen molar-refractivity contribution in [3.63, 3.8) is 0 Å². The second kappa shape index (κ2) is 10.4. The Bertz CT molecular complexity index is 1090. The number of benzene rings is 2. The van der Waals surface area contributed by atoms with Gasteiger partial charge in [0.15, 0.2) is 0 Å². The Balaban J connectivity index is 1.60. The molecule has 0 amide bonds. The van der Waals surface area contributed by atoms with E-state index in [1.54, 1.807) is 18.2 Å². The summed E-state index contributed by atoms with van der Waals surface area (Å²) in [5.74, 6) is 0.865. The number of nitrogens with zero attached hydrogens (tertiary/aromatic N) is 2. The van der Waals surface area contributed by atoms with Gasteiger partial charge in [0.2, 0.25) is 15.9 Å². The molecule has 0 fully saturated rings. The van der Waals surface area contributed by atoms with Gasteiger partial charge in [-0.1, -0.05) is 50.2 Å². The van der Waals surface area contributed by atoms with Crippen LogP contribution in [0.4, 0.5) is 0 Å². The van der Waals surface area contributed by atoms with E-state index in [2.05, 4.69) is 14.9 Å². The minimum atomic E-state index is -3.76. The van der Waals surface area contributed by atoms with Gasteiger partial charge in [0, 0.05) is 18.2 Å². The lowest BCUT2D eigenvalue weighted by Crippen LogP contribution is -2.29. The van der Waals surface area contributed by atoms with E-state index in [-0.39, 0.29) is 24.0 Å². The molecule has 1 N–H and O–H groups in total. The van der Waals surface area contributed by atoms with Crippen LogP contribution >= 0.6 is 0 Å². The fraction of sp³-hybridized carbons (Fsp3) is 0.304. The molecule has 0 unspecified atom stereocenters. The Morgan fingerprint density at radius 2 is 1.74 bits per heavy atom. The van der Waals surface area contributed by atoms with Crippen LogP contribution in [0.25, 0.3) is 11.3 Å². The number of rotatable bonds is 10. The Labute approximate surface area is 183 Å². The predicted octanol–water partition coefficient (Wildman–Crippen LogP) is 4.02. The first-order valence-electron chi connectivity index (χ1n) is 10.2. The maximum atomic E-state index is 12.8. The number of ether oxygens (including phenoxy) is 2. The van der Waals surface area contributed by atoms with Gasteiger partial charge in [-0.2, -0.15) is 0 Å². The Morgan fingerprint density at radius 1 is 0.968 bits per heavy atom. The molecule has 8 heteroatoms. The highest BCUT2D eigenvalue weighted by Crippen LogP contribution is 2.28. The zero-order valence-corrected chi connectivity index (χ0v) is 18.7. The molecule has 0 aliphatic carbocycles. The van der Waals surface area contributed by atoms with Crippen LogP contribution < -0.4 is 14.2 Å². The third-order valence-corrected chi connectivity index (χ3v) is 6.06. The van der Waals surface area contributed by atoms with E-state index >= 15 is 0 Å². The van der Waals surface area contributed by atoms with Crippen molar-refractivity contribution in [1.29, 1.82) is 0 Å². The van der Waals surface area contributed by atoms with Gasteiger partial charge >= 0.3 is 0 Å². The lowest BCUT2D eigenvalue weighted by molar-refractivity contribution is 0.306. The SMILES string of the molecule is CCOc1ccc(C(C)C)cc1S(=O)(=O)NCCOc1ccc(-c2ccccc2)nn1. The molecule has 3 aromatic rings. The second-order valence-electron chi connectivity index (χ2n) is 7.16. The van der Waals surface area contributed by atoms with E-state index in [1.807, 2.05) is 63.2 Å². The number of aromatic nitrogens is 2. The molecule has 0 saturated heterocycles. The molecule has 0 atom stereocenters. The maximum Gasteiger partial charge on any atom is 0.244 e. The fourth-order valence-electron chi connectivity index (χ4n) is 2.94. The Morgan fingerprint density at radius 3 is 2.39 bits per heavy atom. The number of nitrogens with one attached hydrogen (secondary N) is 1. The molecule has 31 heavy (non-hydrogen) atoms. The zero-order valence-electron chi connectivity index (χ0n) is 17.9. The molecular weight excluding hydrogens is 414 g/mol. The number of hydrogen-bond acceptors (Lipinski definition) is 6. The molecule has 0 aliphatic rings. The van der Waals surface area contributed by atoms with Crippen LogP contribution in [-0.2, 0) is 10.0 Å². The first kappa shape index (κ1) is 22.7. The van der Waals surface area contributed by atoms with Crippen molar-refractivity contribution in [2.24, 2.45) is 0 Å². The van der Waals surface area contributed by atoms with Crippen LogP contribution in [0.1, 0.15) is 32.3 Å². The summed E-state index contributed by atoms with van der Waals surface area (Å²) in [6.45, 7) is 6.42. The highest BCUT2D eigenvalue weighted by molar-refractivity contribution is 7.89. The molecule has 0 saturated carbocycles. The largest absolute Gasteiger partial charge is 0.492 e. The normalized spacial score (nSPS) is 11.5. The first-order chi connectivity index (χ1) is 14.9. The fourth-order valence-corrected chi connectivity index (χ4v) is 4.13. The topological polar surface area (TPSA) is 90.4 Å². The summed E-state index contributed by atoms with van der Waals surface area (Å²) < 4.78 is 39.3. The summed E-state index contributed by atoms with van der Waals surface area (Å²) in [5, 5.41) is 8.20. The lowest BCUT2D eigenvalue weighted by atomic mass is 10.0. The number of sulfonamides is 1. The monoisotopic (exact) mass is 441 g/mol. The molecule has 0 bridgehead atoms. The molecule has 0 aliphatic heterocycles. The van der Waals surface area contributed by atoms with Crippen molar-refractivity contribution < 1.29 is 17.9 Å². The van der Waals surface area contributed by atoms with Crippen molar-refractivity contribution >= 4 is 10.0 Å². The highest BCUT2D eigenvalue weighted by Gasteiger charge is 2.20. The quantitative estimate of drug-likeness (QED) is 0.478. The van der Waals surface area contributed by atoms with Crippen LogP contribution in [0.5, 0.6) is 11.6 Å². The molecule has 7 nitrogen and oxygen atoms in total. The third kappa shape index (κ3) is 6.02. The number of hydrogen-bond donors (Lipinski definition) is 1. The average molecular weight is 442 g/mol. The van der Waals surface area contributed by atoms with Gasteiger partial charge < -0.3 is 9.47 Å². The molecule has 2 aromatic carbocycles. The summed E-state index contributed by atoms with van der Waals surface area (Å²) in [6, 6.07) is 18.5. The predicted molar refractivity (Wildman–Crippen MR) is 120 cm³/mol. The van der Waals surface area contributed by atoms with Crippen LogP contribution in [0.15, 0.2) is 65.6 Å². The van der Waals surface area contributed by atoms with E-state index < -0.39 is 10.0 Å². The Hall–Kier alpha value is -2.97. The summed E-state index contributed by atoms with van der Waals surface area (Å²) in [5.41, 5.74) is 2.62. The molecular formula is C23H27N3O4S. The summed E-state index contributed by atoms with van der Waals surface area (Å²) >= 11 is 0. The first-order valence-corrected chi connectivity index (χ1v) is 11.7. The van der Waals surface area contributed by atoms with E-state index in [1.165, 1.54) is 0 Å². The van der Waals surface area contributed by atoms with Crippen LogP contribution in [-0.4, -0.2) is 38.4 Å². The molecule has 3 rings (SSSR count). The van der Waals surface area contributed by atoms with Gasteiger partial charge in [0.25, 0.3) is 0 Å². The van der Waals surface area contributed by atoms with Crippen molar-refractivity contribution in [3.05, 3.63) is 66.2 Å². The van der Waals surface area contributed by atoms with Gasteiger partial charge in [0.05, 0.1) is 12.3 Å². The van der Waals surface area contributed by atoms with E-state index in [4.69, 9.17) is 9.47 Å². The van der Waals surface area contributed by atoms with Crippen LogP contribution in [0, 0.1) is 0 Å². The van der Waals surface area contributed by atoms with E-state index in [0.29, 0.717) is 18.2 Å². The van der Waals surface area contributed by atoms with E-state index in [9.17, 15) is 8.42 Å². The summed E-state index contributed by atoms with van der Waals surface area (Å²) in [7, 11) is -3.76. The minimum absolute atomic E-state index is 0.0852. The van der Waals surface area contributed by atoms with Gasteiger partial charge in [-0.05, 0) is 36.6 Å². The molecule has 164 valence electrons. The van der Waals surface area contributed by atoms with E-state index in [0.717, 1.165) is 16.8 Å². The maximum absolute atomic E-state index is 12.8. The van der Waals surface area contributed by atoms with Gasteiger partial charge in [-0.25, -0.2) is 13.1 Å². The molecule has 1 aromatic heterocycles.